The fraction of sp³-hybridized carbons (Fsp3) is 0.300. The third-order valence-corrected chi connectivity index (χ3v) is 3.73. The van der Waals surface area contributed by atoms with Gasteiger partial charge in [0.25, 0.3) is 5.91 Å². The number of halogens is 2. The smallest absolute Gasteiger partial charge is 0.304 e. The number of nitrogens with one attached hydrogen (secondary N) is 2. The summed E-state index contributed by atoms with van der Waals surface area (Å²) in [6, 6.07) is 7.25. The fourth-order valence-electron chi connectivity index (χ4n) is 2.60. The quantitative estimate of drug-likeness (QED) is 0.756. The van der Waals surface area contributed by atoms with Crippen molar-refractivity contribution in [3.63, 3.8) is 0 Å². The van der Waals surface area contributed by atoms with E-state index < -0.39 is 29.1 Å². The second kappa shape index (κ2) is 7.73. The fourth-order valence-corrected chi connectivity index (χ4v) is 2.60. The minimum atomic E-state index is -0.854. The molecule has 0 atom stereocenters. The van der Waals surface area contributed by atoms with E-state index in [9.17, 15) is 18.4 Å². The van der Waals surface area contributed by atoms with Gasteiger partial charge in [0.05, 0.1) is 11.2 Å². The number of urea groups is 1. The third-order valence-electron chi connectivity index (χ3n) is 3.73. The van der Waals surface area contributed by atoms with E-state index >= 15 is 0 Å². The topological polar surface area (TPSA) is 61.4 Å². The third kappa shape index (κ3) is 5.26. The molecule has 3 amide bonds. The summed E-state index contributed by atoms with van der Waals surface area (Å²) in [6.45, 7) is 8.99. The molecule has 0 saturated heterocycles. The summed E-state index contributed by atoms with van der Waals surface area (Å²) in [6.07, 6.45) is 0. The molecule has 0 unspecified atom stereocenters. The molecule has 2 rings (SSSR count). The lowest BCUT2D eigenvalue weighted by Gasteiger charge is -2.35. The van der Waals surface area contributed by atoms with E-state index in [1.54, 1.807) is 32.9 Å². The number of anilines is 1. The van der Waals surface area contributed by atoms with Crippen LogP contribution in [0.2, 0.25) is 0 Å². The maximum Gasteiger partial charge on any atom is 0.338 e. The van der Waals surface area contributed by atoms with Crippen molar-refractivity contribution in [2.24, 2.45) is 0 Å². The summed E-state index contributed by atoms with van der Waals surface area (Å²) in [7, 11) is 0. The summed E-state index contributed by atoms with van der Waals surface area (Å²) >= 11 is 0. The highest BCUT2D eigenvalue weighted by atomic mass is 19.1. The number of carbonyl (C=O) groups is 2. The van der Waals surface area contributed by atoms with Gasteiger partial charge in [0.2, 0.25) is 0 Å². The normalized spacial score (nSPS) is 11.1. The van der Waals surface area contributed by atoms with E-state index in [0.29, 0.717) is 5.56 Å². The molecular formula is C20H23F2N3O2. The van der Waals surface area contributed by atoms with Crippen LogP contribution >= 0.6 is 0 Å². The van der Waals surface area contributed by atoms with Crippen LogP contribution in [0.25, 0.3) is 0 Å². The largest absolute Gasteiger partial charge is 0.338 e. The van der Waals surface area contributed by atoms with Crippen LogP contribution in [0.1, 0.15) is 42.3 Å². The van der Waals surface area contributed by atoms with E-state index in [0.717, 1.165) is 34.3 Å². The van der Waals surface area contributed by atoms with Crippen molar-refractivity contribution < 1.29 is 18.4 Å². The number of nitrogens with zero attached hydrogens (tertiary/aromatic N) is 1. The molecular weight excluding hydrogens is 352 g/mol. The second-order valence-electron chi connectivity index (χ2n) is 7.38. The van der Waals surface area contributed by atoms with Gasteiger partial charge in [-0.05, 0) is 58.9 Å². The van der Waals surface area contributed by atoms with E-state index in [4.69, 9.17) is 0 Å². The SMILES string of the molecule is Cc1cc(C)cc(C(=O)N(NC(=O)Nc2cc(F)ccc2F)C(C)(C)C)c1. The van der Waals surface area contributed by atoms with Gasteiger partial charge in [-0.15, -0.1) is 0 Å². The minimum absolute atomic E-state index is 0.319. The predicted molar refractivity (Wildman–Crippen MR) is 100 cm³/mol. The van der Waals surface area contributed by atoms with Crippen molar-refractivity contribution in [1.82, 2.24) is 10.4 Å². The molecule has 7 heteroatoms. The van der Waals surface area contributed by atoms with E-state index in [-0.39, 0.29) is 5.69 Å². The van der Waals surface area contributed by atoms with Gasteiger partial charge in [-0.1, -0.05) is 17.2 Å². The number of aryl methyl sites for hydroxylation is 2. The predicted octanol–water partition coefficient (Wildman–Crippen LogP) is 4.56. The first-order chi connectivity index (χ1) is 12.5. The molecule has 0 aromatic heterocycles. The lowest BCUT2D eigenvalue weighted by atomic mass is 10.0. The first-order valence-corrected chi connectivity index (χ1v) is 8.43. The maximum absolute atomic E-state index is 13.7. The van der Waals surface area contributed by atoms with Gasteiger partial charge in [-0.2, -0.15) is 0 Å². The van der Waals surface area contributed by atoms with Crippen molar-refractivity contribution in [3.8, 4) is 0 Å². The first-order valence-electron chi connectivity index (χ1n) is 8.43. The van der Waals surface area contributed by atoms with Gasteiger partial charge >= 0.3 is 6.03 Å². The van der Waals surface area contributed by atoms with E-state index in [1.165, 1.54) is 0 Å². The van der Waals surface area contributed by atoms with E-state index in [2.05, 4.69) is 10.7 Å². The number of hydrazine groups is 1. The number of hydrogen-bond acceptors (Lipinski definition) is 2. The van der Waals surface area contributed by atoms with Crippen molar-refractivity contribution in [1.29, 1.82) is 0 Å². The molecule has 144 valence electrons. The maximum atomic E-state index is 13.7. The Kier molecular flexibility index (Phi) is 5.83. The van der Waals surface area contributed by atoms with Crippen LogP contribution < -0.4 is 10.7 Å². The van der Waals surface area contributed by atoms with Crippen molar-refractivity contribution in [3.05, 3.63) is 64.7 Å². The summed E-state index contributed by atoms with van der Waals surface area (Å²) in [5.41, 5.74) is 3.60. The summed E-state index contributed by atoms with van der Waals surface area (Å²) in [4.78, 5) is 25.3. The molecule has 0 bridgehead atoms. The van der Waals surface area contributed by atoms with Gasteiger partial charge in [-0.25, -0.2) is 24.0 Å². The Hall–Kier alpha value is -2.96. The Balaban J connectivity index is 2.25. The molecule has 0 heterocycles. The summed E-state index contributed by atoms with van der Waals surface area (Å²) < 4.78 is 27.0. The molecule has 2 aromatic carbocycles. The van der Waals surface area contributed by atoms with Gasteiger partial charge in [0, 0.05) is 11.6 Å². The number of amides is 3. The average molecular weight is 375 g/mol. The van der Waals surface area contributed by atoms with Crippen molar-refractivity contribution in [2.75, 3.05) is 5.32 Å². The Bertz CT molecular complexity index is 856. The molecule has 0 aliphatic carbocycles. The molecule has 0 aliphatic rings. The Morgan fingerprint density at radius 1 is 0.963 bits per heavy atom. The standard InChI is InChI=1S/C20H23F2N3O2/c1-12-8-13(2)10-14(9-12)18(26)25(20(3,4)5)24-19(27)23-17-11-15(21)6-7-16(17)22/h6-11H,1-5H3,(H2,23,24,27). The number of rotatable bonds is 2. The highest BCUT2D eigenvalue weighted by Crippen LogP contribution is 2.19. The molecule has 5 nitrogen and oxygen atoms in total. The highest BCUT2D eigenvalue weighted by Gasteiger charge is 2.29. The molecule has 0 fully saturated rings. The zero-order chi connectivity index (χ0) is 20.4. The second-order valence-corrected chi connectivity index (χ2v) is 7.38. The van der Waals surface area contributed by atoms with Crippen LogP contribution in [0, 0.1) is 25.5 Å². The van der Waals surface area contributed by atoms with Crippen LogP contribution in [-0.2, 0) is 0 Å². The van der Waals surface area contributed by atoms with Crippen LogP contribution in [0.5, 0.6) is 0 Å². The number of benzene rings is 2. The van der Waals surface area contributed by atoms with Crippen LogP contribution in [0.3, 0.4) is 0 Å². The molecule has 0 saturated carbocycles. The number of carbonyl (C=O) groups excluding carboxylic acids is 2. The van der Waals surface area contributed by atoms with Crippen LogP contribution in [-0.4, -0.2) is 22.5 Å². The first kappa shape index (κ1) is 20.4. The van der Waals surface area contributed by atoms with Crippen LogP contribution in [0.4, 0.5) is 19.3 Å². The zero-order valence-corrected chi connectivity index (χ0v) is 16.0. The molecule has 0 spiro atoms. The van der Waals surface area contributed by atoms with Crippen molar-refractivity contribution >= 4 is 17.6 Å². The zero-order valence-electron chi connectivity index (χ0n) is 16.0. The van der Waals surface area contributed by atoms with Crippen molar-refractivity contribution in [2.45, 2.75) is 40.2 Å². The summed E-state index contributed by atoms with van der Waals surface area (Å²) in [5, 5.41) is 3.38. The summed E-state index contributed by atoms with van der Waals surface area (Å²) in [5.74, 6) is -1.88. The lowest BCUT2D eigenvalue weighted by Crippen LogP contribution is -2.56. The lowest BCUT2D eigenvalue weighted by molar-refractivity contribution is 0.0460. The average Bonchev–Trinajstić information content (AvgIpc) is 2.53. The Morgan fingerprint density at radius 2 is 1.56 bits per heavy atom. The Morgan fingerprint density at radius 3 is 2.11 bits per heavy atom. The molecule has 2 aromatic rings. The minimum Gasteiger partial charge on any atom is -0.304 e. The molecule has 0 aliphatic heterocycles. The molecule has 27 heavy (non-hydrogen) atoms. The molecule has 0 radical (unpaired) electrons. The van der Waals surface area contributed by atoms with Gasteiger partial charge in [0.1, 0.15) is 11.6 Å². The van der Waals surface area contributed by atoms with E-state index in [1.807, 2.05) is 19.9 Å². The monoisotopic (exact) mass is 375 g/mol. The van der Waals surface area contributed by atoms with Gasteiger partial charge in [-0.3, -0.25) is 4.79 Å². The van der Waals surface area contributed by atoms with Gasteiger partial charge < -0.3 is 5.32 Å². The van der Waals surface area contributed by atoms with Gasteiger partial charge in [0.15, 0.2) is 0 Å². The Labute approximate surface area is 157 Å². The van der Waals surface area contributed by atoms with Crippen LogP contribution in [0.15, 0.2) is 36.4 Å². The highest BCUT2D eigenvalue weighted by molar-refractivity contribution is 5.97. The molecule has 2 N–H and O–H groups in total. The number of hydrogen-bond donors (Lipinski definition) is 2.